The number of hydrogen-bond donors (Lipinski definition) is 1. The molecule has 0 aromatic heterocycles. The Morgan fingerprint density at radius 1 is 1.17 bits per heavy atom. The van der Waals surface area contributed by atoms with Gasteiger partial charge in [0.05, 0.1) is 22.7 Å². The summed E-state index contributed by atoms with van der Waals surface area (Å²) in [6.07, 6.45) is 1.33. The van der Waals surface area contributed by atoms with Gasteiger partial charge in [0.25, 0.3) is 0 Å². The van der Waals surface area contributed by atoms with Crippen LogP contribution in [0.4, 0.5) is 20.2 Å². The lowest BCUT2D eigenvalue weighted by molar-refractivity contribution is -0.124. The number of amides is 2. The van der Waals surface area contributed by atoms with Crippen LogP contribution in [0.25, 0.3) is 0 Å². The molecular weight excluding hydrogens is 414 g/mol. The first-order chi connectivity index (χ1) is 14.0. The van der Waals surface area contributed by atoms with Crippen molar-refractivity contribution in [3.8, 4) is 0 Å². The van der Waals surface area contributed by atoms with Crippen LogP contribution < -0.4 is 10.2 Å². The lowest BCUT2D eigenvalue weighted by Gasteiger charge is -2.39. The van der Waals surface area contributed by atoms with Crippen molar-refractivity contribution < 1.29 is 26.8 Å². The molecule has 0 spiro atoms. The molecule has 0 saturated heterocycles. The molecule has 0 fully saturated rings. The van der Waals surface area contributed by atoms with Crippen LogP contribution in [-0.2, 0) is 25.8 Å². The normalized spacial score (nSPS) is 17.3. The fraction of sp³-hybridized carbons (Fsp3) is 0.333. The maximum Gasteiger partial charge on any atom is 0.247 e. The summed E-state index contributed by atoms with van der Waals surface area (Å²) in [4.78, 5) is 27.3. The second-order valence-corrected chi connectivity index (χ2v) is 9.50. The highest BCUT2D eigenvalue weighted by Crippen LogP contribution is 2.37. The van der Waals surface area contributed by atoms with Gasteiger partial charge in [-0.05, 0) is 41.8 Å². The second kappa shape index (κ2) is 8.14. The van der Waals surface area contributed by atoms with Crippen molar-refractivity contribution in [2.75, 3.05) is 16.5 Å². The summed E-state index contributed by atoms with van der Waals surface area (Å²) in [6, 6.07) is 6.14. The molecule has 9 heteroatoms. The molecule has 160 valence electrons. The van der Waals surface area contributed by atoms with Crippen LogP contribution in [0.5, 0.6) is 0 Å². The van der Waals surface area contributed by atoms with E-state index in [0.29, 0.717) is 18.2 Å². The summed E-state index contributed by atoms with van der Waals surface area (Å²) < 4.78 is 50.9. The third-order valence-electron chi connectivity index (χ3n) is 5.19. The molecule has 0 unspecified atom stereocenters. The van der Waals surface area contributed by atoms with E-state index in [1.54, 1.807) is 0 Å². The molecule has 0 radical (unpaired) electrons. The summed E-state index contributed by atoms with van der Waals surface area (Å²) in [7, 11) is -3.52. The molecule has 2 aromatic carbocycles. The number of anilines is 2. The van der Waals surface area contributed by atoms with E-state index >= 15 is 0 Å². The van der Waals surface area contributed by atoms with E-state index < -0.39 is 39.3 Å². The zero-order chi connectivity index (χ0) is 22.2. The summed E-state index contributed by atoms with van der Waals surface area (Å²) in [6.45, 7) is 3.70. The Labute approximate surface area is 173 Å². The number of rotatable bonds is 5. The summed E-state index contributed by atoms with van der Waals surface area (Å²) >= 11 is 0. The zero-order valence-electron chi connectivity index (χ0n) is 16.8. The number of hydrogen-bond acceptors (Lipinski definition) is 4. The zero-order valence-corrected chi connectivity index (χ0v) is 17.6. The molecule has 2 aromatic rings. The molecule has 1 heterocycles. The lowest BCUT2D eigenvalue weighted by atomic mass is 9.93. The molecular formula is C21H22F2N2O4S. The SMILES string of the molecule is CC[C@H](C)[C@H]1C(=O)Nc2cc(S(C)(=O)=O)ccc2N1C(=O)Cc1cc(F)cc(F)c1. The van der Waals surface area contributed by atoms with Gasteiger partial charge in [0.15, 0.2) is 9.84 Å². The van der Waals surface area contributed by atoms with Crippen molar-refractivity contribution in [3.05, 3.63) is 53.6 Å². The standard InChI is InChI=1S/C21H22F2N2O4S/c1-4-12(2)20-21(27)24-17-11-16(30(3,28)29)5-6-18(17)25(20)19(26)9-13-7-14(22)10-15(23)8-13/h5-8,10-12,20H,4,9H2,1-3H3,(H,24,27)/t12-,20-/m0/s1. The van der Waals surface area contributed by atoms with Crippen molar-refractivity contribution in [2.24, 2.45) is 5.92 Å². The van der Waals surface area contributed by atoms with E-state index in [1.807, 2.05) is 13.8 Å². The Kier molecular flexibility index (Phi) is 5.94. The van der Waals surface area contributed by atoms with Crippen LogP contribution in [0, 0.1) is 17.6 Å². The van der Waals surface area contributed by atoms with Crippen molar-refractivity contribution in [2.45, 2.75) is 37.6 Å². The number of nitrogens with one attached hydrogen (secondary N) is 1. The number of carbonyl (C=O) groups is 2. The molecule has 30 heavy (non-hydrogen) atoms. The van der Waals surface area contributed by atoms with Gasteiger partial charge in [-0.15, -0.1) is 0 Å². The van der Waals surface area contributed by atoms with E-state index in [2.05, 4.69) is 5.32 Å². The molecule has 6 nitrogen and oxygen atoms in total. The average Bonchev–Trinajstić information content (AvgIpc) is 2.64. The first-order valence-electron chi connectivity index (χ1n) is 9.43. The van der Waals surface area contributed by atoms with Crippen LogP contribution >= 0.6 is 0 Å². The predicted octanol–water partition coefficient (Wildman–Crippen LogP) is 3.31. The van der Waals surface area contributed by atoms with Gasteiger partial charge in [-0.1, -0.05) is 20.3 Å². The fourth-order valence-corrected chi connectivity index (χ4v) is 4.18. The largest absolute Gasteiger partial charge is 0.322 e. The van der Waals surface area contributed by atoms with E-state index in [9.17, 15) is 26.8 Å². The summed E-state index contributed by atoms with van der Waals surface area (Å²) in [5, 5.41) is 2.69. The van der Waals surface area contributed by atoms with Gasteiger partial charge in [0.2, 0.25) is 11.8 Å². The van der Waals surface area contributed by atoms with Gasteiger partial charge in [-0.3, -0.25) is 14.5 Å². The molecule has 3 rings (SSSR count). The van der Waals surface area contributed by atoms with E-state index in [0.717, 1.165) is 18.4 Å². The topological polar surface area (TPSA) is 83.6 Å². The highest BCUT2D eigenvalue weighted by atomic mass is 32.2. The van der Waals surface area contributed by atoms with Gasteiger partial charge in [-0.25, -0.2) is 17.2 Å². The third kappa shape index (κ3) is 4.35. The number of carbonyl (C=O) groups excluding carboxylic acids is 2. The van der Waals surface area contributed by atoms with Crippen LogP contribution in [0.15, 0.2) is 41.3 Å². The van der Waals surface area contributed by atoms with E-state index in [1.165, 1.54) is 23.1 Å². The monoisotopic (exact) mass is 436 g/mol. The van der Waals surface area contributed by atoms with Gasteiger partial charge in [0, 0.05) is 12.3 Å². The van der Waals surface area contributed by atoms with E-state index in [4.69, 9.17) is 0 Å². The van der Waals surface area contributed by atoms with Crippen molar-refractivity contribution >= 4 is 33.0 Å². The smallest absolute Gasteiger partial charge is 0.247 e. The minimum Gasteiger partial charge on any atom is -0.322 e. The average molecular weight is 436 g/mol. The molecule has 2 amide bonds. The lowest BCUT2D eigenvalue weighted by Crippen LogP contribution is -2.54. The molecule has 0 saturated carbocycles. The number of sulfone groups is 1. The summed E-state index contributed by atoms with van der Waals surface area (Å²) in [5.74, 6) is -2.77. The molecule has 0 aliphatic carbocycles. The van der Waals surface area contributed by atoms with Gasteiger partial charge >= 0.3 is 0 Å². The van der Waals surface area contributed by atoms with Crippen LogP contribution in [0.1, 0.15) is 25.8 Å². The van der Waals surface area contributed by atoms with Crippen molar-refractivity contribution in [1.82, 2.24) is 0 Å². The Morgan fingerprint density at radius 3 is 2.37 bits per heavy atom. The number of fused-ring (bicyclic) bond motifs is 1. The van der Waals surface area contributed by atoms with Gasteiger partial charge < -0.3 is 5.32 Å². The van der Waals surface area contributed by atoms with Crippen molar-refractivity contribution in [3.63, 3.8) is 0 Å². The third-order valence-corrected chi connectivity index (χ3v) is 6.30. The Morgan fingerprint density at radius 2 is 1.80 bits per heavy atom. The predicted molar refractivity (Wildman–Crippen MR) is 109 cm³/mol. The minimum atomic E-state index is -3.52. The number of benzene rings is 2. The quantitative estimate of drug-likeness (QED) is 0.780. The fourth-order valence-electron chi connectivity index (χ4n) is 3.53. The molecule has 0 bridgehead atoms. The maximum atomic E-state index is 13.6. The minimum absolute atomic E-state index is 0.00291. The summed E-state index contributed by atoms with van der Waals surface area (Å²) in [5.41, 5.74) is 0.677. The number of nitrogens with zero attached hydrogens (tertiary/aromatic N) is 1. The first kappa shape index (κ1) is 21.9. The Balaban J connectivity index is 2.07. The first-order valence-corrected chi connectivity index (χ1v) is 11.3. The molecule has 1 aliphatic rings. The van der Waals surface area contributed by atoms with Gasteiger partial charge in [-0.2, -0.15) is 0 Å². The van der Waals surface area contributed by atoms with Crippen LogP contribution in [0.2, 0.25) is 0 Å². The Bertz CT molecular complexity index is 1100. The second-order valence-electron chi connectivity index (χ2n) is 7.49. The molecule has 1 aliphatic heterocycles. The van der Waals surface area contributed by atoms with E-state index in [-0.39, 0.29) is 28.5 Å². The van der Waals surface area contributed by atoms with Crippen LogP contribution in [0.3, 0.4) is 0 Å². The van der Waals surface area contributed by atoms with Crippen molar-refractivity contribution in [1.29, 1.82) is 0 Å². The number of halogens is 2. The van der Waals surface area contributed by atoms with Crippen LogP contribution in [-0.4, -0.2) is 32.5 Å². The highest BCUT2D eigenvalue weighted by Gasteiger charge is 2.39. The van der Waals surface area contributed by atoms with Gasteiger partial charge in [0.1, 0.15) is 17.7 Å². The maximum absolute atomic E-state index is 13.6. The highest BCUT2D eigenvalue weighted by molar-refractivity contribution is 7.90. The molecule has 1 N–H and O–H groups in total. The Hall–Kier alpha value is -2.81. The molecule has 2 atom stereocenters.